The number of nitrogens with zero attached hydrogens (tertiary/aromatic N) is 10. The number of nitrogens with two attached hydrogens (primary N) is 1. The van der Waals surface area contributed by atoms with Crippen LogP contribution >= 0.6 is 62.3 Å². The van der Waals surface area contributed by atoms with Crippen LogP contribution in [-0.2, 0) is 20.5 Å². The lowest BCUT2D eigenvalue weighted by Crippen LogP contribution is -2.48. The first-order valence-electron chi connectivity index (χ1n) is 21.1. The molecule has 63 heavy (non-hydrogen) atoms. The van der Waals surface area contributed by atoms with Gasteiger partial charge in [0, 0.05) is 86.6 Å². The largest absolute Gasteiger partial charge is 0.424 e. The maximum atomic E-state index is 6.19. The molecule has 4 unspecified atom stereocenters. The summed E-state index contributed by atoms with van der Waals surface area (Å²) in [6.45, 7) is 8.16. The monoisotopic (exact) mass is 995 g/mol. The Labute approximate surface area is 396 Å². The number of benzene rings is 2. The predicted molar refractivity (Wildman–Crippen MR) is 253 cm³/mol. The molecule has 6 aromatic rings. The molecule has 4 bridgehead atoms. The molecule has 2 aliphatic heterocycles. The molecule has 2 aromatic carbocycles. The Morgan fingerprint density at radius 3 is 1.56 bits per heavy atom. The minimum Gasteiger partial charge on any atom is -0.424 e. The summed E-state index contributed by atoms with van der Waals surface area (Å²) in [5, 5.41) is 11.1. The number of ether oxygens (including phenoxy) is 2. The van der Waals surface area contributed by atoms with Gasteiger partial charge >= 0.3 is 12.0 Å². The molecule has 13 nitrogen and oxygen atoms in total. The Morgan fingerprint density at radius 2 is 1.10 bits per heavy atom. The number of aromatic nitrogens is 8. The molecule has 332 valence electrons. The van der Waals surface area contributed by atoms with Gasteiger partial charge in [0.2, 0.25) is 4.73 Å². The smallest absolute Gasteiger partial charge is 0.321 e. The number of piperidine rings is 2. The van der Waals surface area contributed by atoms with E-state index in [1.807, 2.05) is 69.4 Å². The summed E-state index contributed by atoms with van der Waals surface area (Å²) in [6, 6.07) is 20.4. The van der Waals surface area contributed by atoms with Crippen molar-refractivity contribution in [3.63, 3.8) is 0 Å². The summed E-state index contributed by atoms with van der Waals surface area (Å²) >= 11 is 27.3. The van der Waals surface area contributed by atoms with E-state index < -0.39 is 0 Å². The normalized spacial score (nSPS) is 22.3. The number of hydrogen-bond donors (Lipinski definition) is 1. The van der Waals surface area contributed by atoms with Crippen molar-refractivity contribution in [3.8, 4) is 23.5 Å². The fourth-order valence-electron chi connectivity index (χ4n) is 9.50. The first kappa shape index (κ1) is 45.4. The molecule has 0 amide bonds. The average molecular weight is 999 g/mol. The molecule has 2 saturated carbocycles. The minimum atomic E-state index is 0.411. The van der Waals surface area contributed by atoms with Crippen molar-refractivity contribution in [1.82, 2.24) is 39.5 Å². The molecule has 4 atom stereocenters. The molecular weight excluding hydrogens is 948 g/mol. The van der Waals surface area contributed by atoms with Crippen molar-refractivity contribution in [2.24, 2.45) is 49.4 Å². The van der Waals surface area contributed by atoms with Crippen LogP contribution in [0, 0.1) is 43.4 Å². The third-order valence-corrected chi connectivity index (χ3v) is 13.6. The van der Waals surface area contributed by atoms with Gasteiger partial charge in [-0.3, -0.25) is 0 Å². The van der Waals surface area contributed by atoms with E-state index in [2.05, 4.69) is 50.9 Å². The molecule has 4 aliphatic rings. The van der Waals surface area contributed by atoms with Gasteiger partial charge in [-0.2, -0.15) is 15.1 Å². The van der Waals surface area contributed by atoms with Crippen molar-refractivity contribution >= 4 is 73.7 Å². The summed E-state index contributed by atoms with van der Waals surface area (Å²) < 4.78 is 15.3. The van der Waals surface area contributed by atoms with Gasteiger partial charge in [0.25, 0.3) is 0 Å². The molecule has 2 aliphatic carbocycles. The second-order valence-electron chi connectivity index (χ2n) is 17.0. The molecule has 6 heterocycles. The van der Waals surface area contributed by atoms with Crippen molar-refractivity contribution in [2.45, 2.75) is 52.0 Å². The van der Waals surface area contributed by atoms with Crippen LogP contribution < -0.4 is 25.0 Å². The number of fused-ring (bicyclic) bond motifs is 4. The van der Waals surface area contributed by atoms with E-state index in [9.17, 15) is 0 Å². The highest BCUT2D eigenvalue weighted by molar-refractivity contribution is 9.10. The highest BCUT2D eigenvalue weighted by atomic mass is 79.9. The Morgan fingerprint density at radius 1 is 0.635 bits per heavy atom. The van der Waals surface area contributed by atoms with E-state index in [1.165, 1.54) is 37.1 Å². The van der Waals surface area contributed by atoms with Crippen LogP contribution in [0.15, 0.2) is 77.8 Å². The zero-order chi connectivity index (χ0) is 44.4. The van der Waals surface area contributed by atoms with Crippen LogP contribution in [0.5, 0.6) is 23.5 Å². The van der Waals surface area contributed by atoms with E-state index >= 15 is 0 Å². The molecule has 0 radical (unpaired) electrons. The fraction of sp³-hybridized carbons (Fsp3) is 0.422. The summed E-state index contributed by atoms with van der Waals surface area (Å²) in [7, 11) is 3.62. The second-order valence-corrected chi connectivity index (χ2v) is 19.3. The highest BCUT2D eigenvalue weighted by Gasteiger charge is 2.43. The number of halogens is 5. The van der Waals surface area contributed by atoms with Gasteiger partial charge in [-0.1, -0.05) is 46.4 Å². The first-order valence-corrected chi connectivity index (χ1v) is 23.4. The van der Waals surface area contributed by atoms with Gasteiger partial charge in [0.05, 0.1) is 0 Å². The summed E-state index contributed by atoms with van der Waals surface area (Å²) in [5.74, 6) is 5.35. The van der Waals surface area contributed by atoms with Gasteiger partial charge in [-0.25, -0.2) is 19.3 Å². The number of aryl methyl sites for hydroxylation is 4. The first-order chi connectivity index (χ1) is 30.2. The number of pyridine rings is 2. The molecule has 10 rings (SSSR count). The van der Waals surface area contributed by atoms with Crippen LogP contribution in [0.2, 0.25) is 20.4 Å². The fourth-order valence-corrected chi connectivity index (χ4v) is 10.8. The Hall–Kier alpha value is -4.18. The zero-order valence-corrected chi connectivity index (χ0v) is 40.1. The molecular formula is C45H50BrCl4N11O2. The van der Waals surface area contributed by atoms with Crippen molar-refractivity contribution in [3.05, 3.63) is 115 Å². The van der Waals surface area contributed by atoms with Crippen LogP contribution in [-0.4, -0.2) is 71.7 Å². The van der Waals surface area contributed by atoms with Gasteiger partial charge in [-0.15, -0.1) is 5.10 Å². The third-order valence-electron chi connectivity index (χ3n) is 12.4. The number of anilines is 2. The SMILES string of the molecule is Cc1cc(Cl)cc(Oc2nc(Br)nn2C)c1.Cc1cc(Cl)cc(Oc2nc(CC3C4CCC3CN(c3ccnc(Cl)c3)C4)nn2C)c1.NC1C2CCC1CN(c1ccnc(Cl)c1)C2. The standard InChI is InChI=1S/C23H25Cl2N5O.C12H16ClN3.C10H9BrClN3O/c1-14-7-17(24)9-19(8-14)31-23-27-22(28-29(23)2)11-20-15-3-4-16(20)13-30(12-15)18-5-6-26-21(25)10-18;13-11-5-10(3-4-15-11)16-6-8-1-2-9(7-16)12(8)14;1-6-3-7(12)5-8(4-6)16-10-13-9(11)14-15(10)2/h5-10,15-16,20H,3-4,11-13H2,1-2H3;3-5,8-9,12H,1-2,6-7,14H2;3-5H,1-2H3. The molecule has 2 N–H and O–H groups in total. The second kappa shape index (κ2) is 19.9. The molecule has 2 saturated heterocycles. The zero-order valence-electron chi connectivity index (χ0n) is 35.5. The van der Waals surface area contributed by atoms with Gasteiger partial charge in [0.1, 0.15) is 21.8 Å². The lowest BCUT2D eigenvalue weighted by Gasteiger charge is -2.39. The number of hydrogen-bond acceptors (Lipinski definition) is 11. The van der Waals surface area contributed by atoms with Crippen LogP contribution in [0.25, 0.3) is 0 Å². The van der Waals surface area contributed by atoms with Crippen molar-refractivity contribution in [2.75, 3.05) is 36.0 Å². The molecule has 4 fully saturated rings. The van der Waals surface area contributed by atoms with E-state index in [0.29, 0.717) is 84.2 Å². The van der Waals surface area contributed by atoms with Gasteiger partial charge in [-0.05, 0) is 157 Å². The van der Waals surface area contributed by atoms with Crippen molar-refractivity contribution in [1.29, 1.82) is 0 Å². The lowest BCUT2D eigenvalue weighted by molar-refractivity contribution is 0.265. The van der Waals surface area contributed by atoms with Crippen molar-refractivity contribution < 1.29 is 9.47 Å². The Kier molecular flexibility index (Phi) is 14.3. The number of rotatable bonds is 8. The van der Waals surface area contributed by atoms with Gasteiger partial charge < -0.3 is 25.0 Å². The van der Waals surface area contributed by atoms with E-state index in [0.717, 1.165) is 49.6 Å². The summed E-state index contributed by atoms with van der Waals surface area (Å²) in [4.78, 5) is 21.7. The van der Waals surface area contributed by atoms with E-state index in [4.69, 9.17) is 66.6 Å². The minimum absolute atomic E-state index is 0.411. The quantitative estimate of drug-likeness (QED) is 0.146. The average Bonchev–Trinajstić information content (AvgIpc) is 3.85. The van der Waals surface area contributed by atoms with Crippen LogP contribution in [0.3, 0.4) is 0 Å². The van der Waals surface area contributed by atoms with Crippen LogP contribution in [0.1, 0.15) is 42.6 Å². The molecule has 4 aromatic heterocycles. The van der Waals surface area contributed by atoms with Crippen LogP contribution in [0.4, 0.5) is 11.4 Å². The summed E-state index contributed by atoms with van der Waals surface area (Å²) in [5.41, 5.74) is 10.6. The third kappa shape index (κ3) is 11.4. The summed E-state index contributed by atoms with van der Waals surface area (Å²) in [6.07, 6.45) is 9.50. The van der Waals surface area contributed by atoms with E-state index in [1.54, 1.807) is 40.9 Å². The van der Waals surface area contributed by atoms with Gasteiger partial charge in [0.15, 0.2) is 5.82 Å². The maximum Gasteiger partial charge on any atom is 0.321 e. The predicted octanol–water partition coefficient (Wildman–Crippen LogP) is 10.6. The topological polar surface area (TPSA) is 138 Å². The molecule has 18 heteroatoms. The Balaban J connectivity index is 0.000000143. The Bertz CT molecular complexity index is 2470. The lowest BCUT2D eigenvalue weighted by atomic mass is 9.82. The maximum absolute atomic E-state index is 6.19. The van der Waals surface area contributed by atoms with E-state index in [-0.39, 0.29) is 0 Å². The highest BCUT2D eigenvalue weighted by Crippen LogP contribution is 2.45. The molecule has 0 spiro atoms.